The third kappa shape index (κ3) is 2.19. The first-order valence-corrected chi connectivity index (χ1v) is 7.09. The van der Waals surface area contributed by atoms with E-state index in [1.54, 1.807) is 0 Å². The normalized spacial score (nSPS) is 17.5. The van der Waals surface area contributed by atoms with Gasteiger partial charge in [-0.25, -0.2) is 0 Å². The van der Waals surface area contributed by atoms with Crippen molar-refractivity contribution in [1.29, 1.82) is 0 Å². The summed E-state index contributed by atoms with van der Waals surface area (Å²) >= 11 is 0. The van der Waals surface area contributed by atoms with E-state index in [1.807, 2.05) is 18.8 Å². The van der Waals surface area contributed by atoms with E-state index in [0.29, 0.717) is 0 Å². The maximum Gasteiger partial charge on any atom is 0.0914 e. The molecule has 2 aromatic rings. The summed E-state index contributed by atoms with van der Waals surface area (Å²) in [5.41, 5.74) is 3.86. The van der Waals surface area contributed by atoms with Crippen molar-refractivity contribution in [2.24, 2.45) is 7.05 Å². The Balaban J connectivity index is 2.08. The molecule has 1 N–H and O–H groups in total. The van der Waals surface area contributed by atoms with Gasteiger partial charge in [-0.2, -0.15) is 5.10 Å². The standard InChI is InChI=1S/C16H21N3/c1-17-15(12-8-4-3-5-9-12)16-13-10-6-7-11-14(13)19(2)18-16/h6-8,10-11,15,17H,3-5,9H2,1-2H3. The van der Waals surface area contributed by atoms with E-state index < -0.39 is 0 Å². The predicted molar refractivity (Wildman–Crippen MR) is 79.1 cm³/mol. The Hall–Kier alpha value is -1.61. The highest BCUT2D eigenvalue weighted by Crippen LogP contribution is 2.32. The van der Waals surface area contributed by atoms with Crippen molar-refractivity contribution in [2.75, 3.05) is 7.05 Å². The van der Waals surface area contributed by atoms with Crippen molar-refractivity contribution in [3.63, 3.8) is 0 Å². The van der Waals surface area contributed by atoms with Gasteiger partial charge in [0.25, 0.3) is 0 Å². The quantitative estimate of drug-likeness (QED) is 0.853. The van der Waals surface area contributed by atoms with E-state index in [1.165, 1.54) is 42.2 Å². The largest absolute Gasteiger partial charge is 0.308 e. The number of fused-ring (bicyclic) bond motifs is 1. The molecule has 0 aliphatic heterocycles. The molecule has 0 radical (unpaired) electrons. The van der Waals surface area contributed by atoms with E-state index in [2.05, 4.69) is 35.7 Å². The molecule has 19 heavy (non-hydrogen) atoms. The smallest absolute Gasteiger partial charge is 0.0914 e. The number of nitrogens with zero attached hydrogens (tertiary/aromatic N) is 2. The minimum atomic E-state index is 0.256. The number of allylic oxidation sites excluding steroid dienone is 1. The summed E-state index contributed by atoms with van der Waals surface area (Å²) in [5.74, 6) is 0. The number of para-hydroxylation sites is 1. The summed E-state index contributed by atoms with van der Waals surface area (Å²) in [6.45, 7) is 0. The molecule has 1 aromatic heterocycles. The van der Waals surface area contributed by atoms with Crippen LogP contribution in [-0.4, -0.2) is 16.8 Å². The van der Waals surface area contributed by atoms with Gasteiger partial charge in [0.2, 0.25) is 0 Å². The molecular weight excluding hydrogens is 234 g/mol. The molecule has 3 nitrogen and oxygen atoms in total. The van der Waals surface area contributed by atoms with Crippen LogP contribution in [0.5, 0.6) is 0 Å². The SMILES string of the molecule is CNC(C1=CCCCC1)c1nn(C)c2ccccc12. The molecule has 0 amide bonds. The molecular formula is C16H21N3. The number of rotatable bonds is 3. The van der Waals surface area contributed by atoms with Crippen molar-refractivity contribution >= 4 is 10.9 Å². The highest BCUT2D eigenvalue weighted by atomic mass is 15.3. The molecule has 1 atom stereocenters. The summed E-state index contributed by atoms with van der Waals surface area (Å²) in [4.78, 5) is 0. The van der Waals surface area contributed by atoms with Crippen LogP contribution in [0.2, 0.25) is 0 Å². The van der Waals surface area contributed by atoms with Crippen LogP contribution in [0.3, 0.4) is 0 Å². The molecule has 1 aliphatic rings. The Morgan fingerprint density at radius 1 is 1.26 bits per heavy atom. The third-order valence-corrected chi connectivity index (χ3v) is 4.05. The number of likely N-dealkylation sites (N-methyl/N-ethyl adjacent to an activating group) is 1. The Labute approximate surface area is 114 Å². The Morgan fingerprint density at radius 3 is 2.84 bits per heavy atom. The van der Waals surface area contributed by atoms with Crippen molar-refractivity contribution in [3.05, 3.63) is 41.6 Å². The highest BCUT2D eigenvalue weighted by molar-refractivity contribution is 5.82. The second-order valence-corrected chi connectivity index (χ2v) is 5.27. The lowest BCUT2D eigenvalue weighted by molar-refractivity contribution is 0.576. The van der Waals surface area contributed by atoms with Crippen LogP contribution in [-0.2, 0) is 7.05 Å². The van der Waals surface area contributed by atoms with Gasteiger partial charge in [-0.05, 0) is 38.8 Å². The number of benzene rings is 1. The van der Waals surface area contributed by atoms with E-state index in [0.717, 1.165) is 5.69 Å². The van der Waals surface area contributed by atoms with Crippen LogP contribution in [0, 0.1) is 0 Å². The Bertz CT molecular complexity index is 609. The monoisotopic (exact) mass is 255 g/mol. The molecule has 0 spiro atoms. The van der Waals surface area contributed by atoms with E-state index in [4.69, 9.17) is 5.10 Å². The molecule has 0 saturated heterocycles. The first-order valence-electron chi connectivity index (χ1n) is 7.09. The fourth-order valence-corrected chi connectivity index (χ4v) is 3.08. The van der Waals surface area contributed by atoms with Gasteiger partial charge in [-0.15, -0.1) is 0 Å². The zero-order chi connectivity index (χ0) is 13.2. The van der Waals surface area contributed by atoms with Crippen LogP contribution in [0.15, 0.2) is 35.9 Å². The van der Waals surface area contributed by atoms with Gasteiger partial charge in [0.05, 0.1) is 17.3 Å². The molecule has 3 heteroatoms. The van der Waals surface area contributed by atoms with Crippen molar-refractivity contribution in [2.45, 2.75) is 31.7 Å². The topological polar surface area (TPSA) is 29.9 Å². The van der Waals surface area contributed by atoms with Crippen LogP contribution >= 0.6 is 0 Å². The average Bonchev–Trinajstić information content (AvgIpc) is 2.79. The van der Waals surface area contributed by atoms with Crippen molar-refractivity contribution in [3.8, 4) is 0 Å². The Morgan fingerprint density at radius 2 is 2.11 bits per heavy atom. The number of nitrogens with one attached hydrogen (secondary N) is 1. The molecule has 0 fully saturated rings. The molecule has 0 saturated carbocycles. The summed E-state index contributed by atoms with van der Waals surface area (Å²) in [6.07, 6.45) is 7.42. The zero-order valence-corrected chi connectivity index (χ0v) is 11.7. The first kappa shape index (κ1) is 12.4. The van der Waals surface area contributed by atoms with Gasteiger partial charge in [0, 0.05) is 12.4 Å². The molecule has 3 rings (SSSR count). The lowest BCUT2D eigenvalue weighted by Crippen LogP contribution is -2.20. The maximum atomic E-state index is 4.75. The lowest BCUT2D eigenvalue weighted by Gasteiger charge is -2.21. The van der Waals surface area contributed by atoms with Gasteiger partial charge in [-0.1, -0.05) is 29.8 Å². The number of aryl methyl sites for hydroxylation is 1. The van der Waals surface area contributed by atoms with Crippen molar-refractivity contribution in [1.82, 2.24) is 15.1 Å². The summed E-state index contributed by atoms with van der Waals surface area (Å²) < 4.78 is 1.98. The molecule has 0 bridgehead atoms. The Kier molecular flexibility index (Phi) is 3.38. The average molecular weight is 255 g/mol. The summed E-state index contributed by atoms with van der Waals surface area (Å²) in [6, 6.07) is 8.72. The molecule has 1 heterocycles. The van der Waals surface area contributed by atoms with E-state index in [9.17, 15) is 0 Å². The van der Waals surface area contributed by atoms with Gasteiger partial charge in [-0.3, -0.25) is 4.68 Å². The predicted octanol–water partition coefficient (Wildman–Crippen LogP) is 3.33. The minimum absolute atomic E-state index is 0.256. The molecule has 1 aliphatic carbocycles. The van der Waals surface area contributed by atoms with Gasteiger partial charge < -0.3 is 5.32 Å². The zero-order valence-electron chi connectivity index (χ0n) is 11.7. The fourth-order valence-electron chi connectivity index (χ4n) is 3.08. The van der Waals surface area contributed by atoms with Crippen LogP contribution in [0.25, 0.3) is 10.9 Å². The lowest BCUT2D eigenvalue weighted by atomic mass is 9.91. The van der Waals surface area contributed by atoms with Gasteiger partial charge in [0.1, 0.15) is 0 Å². The summed E-state index contributed by atoms with van der Waals surface area (Å²) in [7, 11) is 4.05. The van der Waals surface area contributed by atoms with E-state index in [-0.39, 0.29) is 6.04 Å². The molecule has 100 valence electrons. The van der Waals surface area contributed by atoms with Gasteiger partial charge >= 0.3 is 0 Å². The number of hydrogen-bond donors (Lipinski definition) is 1. The summed E-state index contributed by atoms with van der Waals surface area (Å²) in [5, 5.41) is 9.46. The number of hydrogen-bond acceptors (Lipinski definition) is 2. The molecule has 1 aromatic carbocycles. The van der Waals surface area contributed by atoms with Crippen LogP contribution < -0.4 is 5.32 Å². The van der Waals surface area contributed by atoms with Crippen molar-refractivity contribution < 1.29 is 0 Å². The molecule has 1 unspecified atom stereocenters. The minimum Gasteiger partial charge on any atom is -0.308 e. The second-order valence-electron chi connectivity index (χ2n) is 5.27. The fraction of sp³-hybridized carbons (Fsp3) is 0.438. The third-order valence-electron chi connectivity index (χ3n) is 4.05. The maximum absolute atomic E-state index is 4.75. The van der Waals surface area contributed by atoms with Gasteiger partial charge in [0.15, 0.2) is 0 Å². The number of aromatic nitrogens is 2. The van der Waals surface area contributed by atoms with Crippen LogP contribution in [0.4, 0.5) is 0 Å². The van der Waals surface area contributed by atoms with Crippen LogP contribution in [0.1, 0.15) is 37.4 Å². The second kappa shape index (κ2) is 5.17. The van der Waals surface area contributed by atoms with E-state index >= 15 is 0 Å². The first-order chi connectivity index (χ1) is 9.31. The highest BCUT2D eigenvalue weighted by Gasteiger charge is 2.21.